The van der Waals surface area contributed by atoms with Crippen molar-refractivity contribution in [3.8, 4) is 0 Å². The second-order valence-electron chi connectivity index (χ2n) is 4.51. The number of carbonyl (C=O) groups is 2. The number of benzene rings is 2. The third-order valence-corrected chi connectivity index (χ3v) is 4.52. The highest BCUT2D eigenvalue weighted by Gasteiger charge is 2.17. The van der Waals surface area contributed by atoms with Gasteiger partial charge in [-0.15, -0.1) is 11.8 Å². The van der Waals surface area contributed by atoms with Crippen molar-refractivity contribution >= 4 is 50.9 Å². The highest BCUT2D eigenvalue weighted by molar-refractivity contribution is 9.10. The van der Waals surface area contributed by atoms with E-state index in [0.717, 1.165) is 9.37 Å². The Bertz CT molecular complexity index is 733. The Morgan fingerprint density at radius 3 is 2.90 bits per heavy atom. The number of carbonyl (C=O) groups excluding carboxylic acids is 2. The maximum atomic E-state index is 12.2. The SMILES string of the molecule is O=C1CSc2ccc(C(=O)Nc3cccc(Br)c3)cc2N1. The molecule has 106 valence electrons. The molecule has 1 aliphatic heterocycles. The topological polar surface area (TPSA) is 58.2 Å². The van der Waals surface area contributed by atoms with Crippen LogP contribution in [0.3, 0.4) is 0 Å². The van der Waals surface area contributed by atoms with Gasteiger partial charge in [-0.1, -0.05) is 22.0 Å². The molecule has 4 nitrogen and oxygen atoms in total. The van der Waals surface area contributed by atoms with Gasteiger partial charge in [0.1, 0.15) is 0 Å². The zero-order chi connectivity index (χ0) is 14.8. The fourth-order valence-electron chi connectivity index (χ4n) is 1.99. The Labute approximate surface area is 134 Å². The second kappa shape index (κ2) is 5.91. The summed E-state index contributed by atoms with van der Waals surface area (Å²) in [4.78, 5) is 24.6. The zero-order valence-corrected chi connectivity index (χ0v) is 13.3. The van der Waals surface area contributed by atoms with E-state index in [0.29, 0.717) is 22.7 Å². The number of fused-ring (bicyclic) bond motifs is 1. The van der Waals surface area contributed by atoms with E-state index in [2.05, 4.69) is 26.6 Å². The molecule has 0 unspecified atom stereocenters. The van der Waals surface area contributed by atoms with Crippen molar-refractivity contribution in [2.45, 2.75) is 4.90 Å². The molecule has 1 heterocycles. The van der Waals surface area contributed by atoms with E-state index in [4.69, 9.17) is 0 Å². The van der Waals surface area contributed by atoms with Crippen LogP contribution in [0.4, 0.5) is 11.4 Å². The Morgan fingerprint density at radius 1 is 1.24 bits per heavy atom. The molecule has 0 bridgehead atoms. The number of thioether (sulfide) groups is 1. The average Bonchev–Trinajstić information content (AvgIpc) is 2.46. The Balaban J connectivity index is 1.82. The third-order valence-electron chi connectivity index (χ3n) is 2.96. The maximum Gasteiger partial charge on any atom is 0.255 e. The Hall–Kier alpha value is -1.79. The van der Waals surface area contributed by atoms with Crippen LogP contribution in [0.5, 0.6) is 0 Å². The van der Waals surface area contributed by atoms with Crippen molar-refractivity contribution in [2.24, 2.45) is 0 Å². The van der Waals surface area contributed by atoms with Crippen molar-refractivity contribution < 1.29 is 9.59 Å². The molecule has 0 saturated carbocycles. The lowest BCUT2D eigenvalue weighted by Gasteiger charge is -2.17. The average molecular weight is 363 g/mol. The van der Waals surface area contributed by atoms with Crippen molar-refractivity contribution in [3.05, 3.63) is 52.5 Å². The first-order valence-corrected chi connectivity index (χ1v) is 8.03. The minimum absolute atomic E-state index is 0.0444. The van der Waals surface area contributed by atoms with Gasteiger partial charge in [-0.3, -0.25) is 9.59 Å². The third kappa shape index (κ3) is 3.28. The largest absolute Gasteiger partial charge is 0.324 e. The molecular weight excluding hydrogens is 352 g/mol. The van der Waals surface area contributed by atoms with Gasteiger partial charge < -0.3 is 10.6 Å². The summed E-state index contributed by atoms with van der Waals surface area (Å²) in [6.45, 7) is 0. The fraction of sp³-hybridized carbons (Fsp3) is 0.0667. The predicted molar refractivity (Wildman–Crippen MR) is 87.9 cm³/mol. The fourth-order valence-corrected chi connectivity index (χ4v) is 3.18. The summed E-state index contributed by atoms with van der Waals surface area (Å²) < 4.78 is 0.898. The molecule has 21 heavy (non-hydrogen) atoms. The highest BCUT2D eigenvalue weighted by Crippen LogP contribution is 2.32. The summed E-state index contributed by atoms with van der Waals surface area (Å²) in [5, 5.41) is 5.61. The zero-order valence-electron chi connectivity index (χ0n) is 10.9. The molecule has 2 N–H and O–H groups in total. The molecule has 6 heteroatoms. The van der Waals surface area contributed by atoms with Crippen LogP contribution in [-0.2, 0) is 4.79 Å². The van der Waals surface area contributed by atoms with Gasteiger partial charge in [0.05, 0.1) is 11.4 Å². The van der Waals surface area contributed by atoms with Gasteiger partial charge in [0.15, 0.2) is 0 Å². The predicted octanol–water partition coefficient (Wildman–Crippen LogP) is 3.75. The summed E-state index contributed by atoms with van der Waals surface area (Å²) in [7, 11) is 0. The van der Waals surface area contributed by atoms with E-state index in [1.807, 2.05) is 30.3 Å². The standard InChI is InChI=1S/C15H11BrN2O2S/c16-10-2-1-3-11(7-10)17-15(20)9-4-5-13-12(6-9)18-14(19)8-21-13/h1-7H,8H2,(H,17,20)(H,18,19). The molecule has 2 aromatic carbocycles. The lowest BCUT2D eigenvalue weighted by atomic mass is 10.1. The van der Waals surface area contributed by atoms with Gasteiger partial charge in [0.2, 0.25) is 5.91 Å². The van der Waals surface area contributed by atoms with Gasteiger partial charge in [-0.25, -0.2) is 0 Å². The van der Waals surface area contributed by atoms with Crippen LogP contribution in [-0.4, -0.2) is 17.6 Å². The van der Waals surface area contributed by atoms with E-state index in [-0.39, 0.29) is 11.8 Å². The summed E-state index contributed by atoms with van der Waals surface area (Å²) in [6, 6.07) is 12.7. The molecule has 2 aromatic rings. The van der Waals surface area contributed by atoms with E-state index in [1.165, 1.54) is 11.8 Å². The van der Waals surface area contributed by atoms with Crippen LogP contribution in [0.25, 0.3) is 0 Å². The second-order valence-corrected chi connectivity index (χ2v) is 6.45. The lowest BCUT2D eigenvalue weighted by molar-refractivity contribution is -0.113. The molecule has 3 rings (SSSR count). The minimum atomic E-state index is -0.208. The van der Waals surface area contributed by atoms with Gasteiger partial charge in [-0.05, 0) is 36.4 Å². The van der Waals surface area contributed by atoms with Crippen molar-refractivity contribution in [3.63, 3.8) is 0 Å². The minimum Gasteiger partial charge on any atom is -0.324 e. The number of nitrogens with one attached hydrogen (secondary N) is 2. The lowest BCUT2D eigenvalue weighted by Crippen LogP contribution is -2.19. The molecule has 0 aromatic heterocycles. The molecule has 2 amide bonds. The number of rotatable bonds is 2. The van der Waals surface area contributed by atoms with Crippen molar-refractivity contribution in [2.75, 3.05) is 16.4 Å². The summed E-state index contributed by atoms with van der Waals surface area (Å²) in [6.07, 6.45) is 0. The van der Waals surface area contributed by atoms with E-state index >= 15 is 0 Å². The molecule has 1 aliphatic rings. The van der Waals surface area contributed by atoms with Gasteiger partial charge in [-0.2, -0.15) is 0 Å². The molecular formula is C15H11BrN2O2S. The van der Waals surface area contributed by atoms with Gasteiger partial charge in [0, 0.05) is 20.6 Å². The number of amides is 2. The molecule has 0 fully saturated rings. The monoisotopic (exact) mass is 362 g/mol. The number of anilines is 2. The van der Waals surface area contributed by atoms with E-state index in [1.54, 1.807) is 12.1 Å². The molecule has 0 spiro atoms. The highest BCUT2D eigenvalue weighted by atomic mass is 79.9. The molecule has 0 saturated heterocycles. The first-order valence-electron chi connectivity index (χ1n) is 6.25. The Kier molecular flexibility index (Phi) is 3.98. The number of hydrogen-bond acceptors (Lipinski definition) is 3. The van der Waals surface area contributed by atoms with Gasteiger partial charge >= 0.3 is 0 Å². The summed E-state index contributed by atoms with van der Waals surface area (Å²) >= 11 is 4.84. The summed E-state index contributed by atoms with van der Waals surface area (Å²) in [5.41, 5.74) is 1.92. The van der Waals surface area contributed by atoms with Crippen LogP contribution in [0.15, 0.2) is 51.8 Å². The smallest absolute Gasteiger partial charge is 0.255 e. The molecule has 0 aliphatic carbocycles. The van der Waals surface area contributed by atoms with Crippen molar-refractivity contribution in [1.82, 2.24) is 0 Å². The van der Waals surface area contributed by atoms with E-state index in [9.17, 15) is 9.59 Å². The maximum absolute atomic E-state index is 12.2. The molecule has 0 radical (unpaired) electrons. The van der Waals surface area contributed by atoms with Crippen LogP contribution in [0.1, 0.15) is 10.4 Å². The van der Waals surface area contributed by atoms with Crippen LogP contribution in [0, 0.1) is 0 Å². The summed E-state index contributed by atoms with van der Waals surface area (Å²) in [5.74, 6) is 0.161. The molecule has 0 atom stereocenters. The van der Waals surface area contributed by atoms with Crippen LogP contribution >= 0.6 is 27.7 Å². The first-order chi connectivity index (χ1) is 10.1. The Morgan fingerprint density at radius 2 is 2.10 bits per heavy atom. The van der Waals surface area contributed by atoms with Gasteiger partial charge in [0.25, 0.3) is 5.91 Å². The quantitative estimate of drug-likeness (QED) is 0.855. The van der Waals surface area contributed by atoms with Crippen molar-refractivity contribution in [1.29, 1.82) is 0 Å². The normalized spacial score (nSPS) is 13.3. The first kappa shape index (κ1) is 14.2. The van der Waals surface area contributed by atoms with E-state index < -0.39 is 0 Å². The van der Waals surface area contributed by atoms with Crippen LogP contribution < -0.4 is 10.6 Å². The number of hydrogen-bond donors (Lipinski definition) is 2. The number of halogens is 1. The van der Waals surface area contributed by atoms with Crippen LogP contribution in [0.2, 0.25) is 0 Å².